The van der Waals surface area contributed by atoms with Crippen molar-refractivity contribution in [2.45, 2.75) is 45.3 Å². The number of carbonyl (C=O) groups excluding carboxylic acids is 3. The number of primary amides is 1. The van der Waals surface area contributed by atoms with Gasteiger partial charge in [0.1, 0.15) is 5.60 Å². The second-order valence-electron chi connectivity index (χ2n) is 7.92. The molecule has 2 heterocycles. The molecule has 2 fully saturated rings. The molecule has 3 N–H and O–H groups in total. The lowest BCUT2D eigenvalue weighted by atomic mass is 10.1. The van der Waals surface area contributed by atoms with Crippen LogP contribution in [0.1, 0.15) is 33.6 Å². The fourth-order valence-corrected chi connectivity index (χ4v) is 3.14. The van der Waals surface area contributed by atoms with Gasteiger partial charge in [0.15, 0.2) is 0 Å². The van der Waals surface area contributed by atoms with Crippen LogP contribution in [-0.4, -0.2) is 90.2 Å². The first-order valence-corrected chi connectivity index (χ1v) is 9.18. The van der Waals surface area contributed by atoms with E-state index in [2.05, 4.69) is 5.32 Å². The first-order valence-electron chi connectivity index (χ1n) is 9.18. The molecule has 0 atom stereocenters. The number of rotatable bonds is 3. The summed E-state index contributed by atoms with van der Waals surface area (Å²) in [5.74, 6) is -0.324. The van der Waals surface area contributed by atoms with Crippen molar-refractivity contribution < 1.29 is 19.1 Å². The largest absolute Gasteiger partial charge is 0.444 e. The Labute approximate surface area is 154 Å². The van der Waals surface area contributed by atoms with Gasteiger partial charge in [0, 0.05) is 45.3 Å². The summed E-state index contributed by atoms with van der Waals surface area (Å²) >= 11 is 0. The van der Waals surface area contributed by atoms with Gasteiger partial charge in [-0.15, -0.1) is 0 Å². The molecule has 0 unspecified atom stereocenters. The normalized spacial score (nSPS) is 20.0. The van der Waals surface area contributed by atoms with Gasteiger partial charge in [0.2, 0.25) is 5.91 Å². The van der Waals surface area contributed by atoms with Crippen LogP contribution in [0.4, 0.5) is 9.59 Å². The molecule has 26 heavy (non-hydrogen) atoms. The molecule has 9 nitrogen and oxygen atoms in total. The minimum absolute atomic E-state index is 0.0952. The quantitative estimate of drug-likeness (QED) is 0.739. The van der Waals surface area contributed by atoms with Gasteiger partial charge in [-0.2, -0.15) is 0 Å². The zero-order chi connectivity index (χ0) is 19.3. The van der Waals surface area contributed by atoms with Crippen molar-refractivity contribution in [3.63, 3.8) is 0 Å². The number of urea groups is 1. The maximum atomic E-state index is 12.4. The summed E-state index contributed by atoms with van der Waals surface area (Å²) in [6.45, 7) is 9.21. The number of likely N-dealkylation sites (tertiary alicyclic amines) is 1. The monoisotopic (exact) mass is 369 g/mol. The highest BCUT2D eigenvalue weighted by molar-refractivity contribution is 5.76. The molecular formula is C17H31N5O4. The van der Waals surface area contributed by atoms with Crippen LogP contribution >= 0.6 is 0 Å². The van der Waals surface area contributed by atoms with Crippen LogP contribution < -0.4 is 11.1 Å². The van der Waals surface area contributed by atoms with E-state index in [-0.39, 0.29) is 30.6 Å². The second kappa shape index (κ2) is 8.57. The Morgan fingerprint density at radius 1 is 1.00 bits per heavy atom. The summed E-state index contributed by atoms with van der Waals surface area (Å²) in [5, 5.41) is 3.05. The predicted molar refractivity (Wildman–Crippen MR) is 96.6 cm³/mol. The number of amides is 4. The van der Waals surface area contributed by atoms with E-state index in [0.29, 0.717) is 26.2 Å². The van der Waals surface area contributed by atoms with Crippen molar-refractivity contribution in [3.05, 3.63) is 0 Å². The Bertz CT molecular complexity index is 518. The Kier molecular flexibility index (Phi) is 6.69. The lowest BCUT2D eigenvalue weighted by Gasteiger charge is -2.37. The molecule has 148 valence electrons. The highest BCUT2D eigenvalue weighted by Crippen LogP contribution is 2.13. The van der Waals surface area contributed by atoms with E-state index in [1.54, 1.807) is 9.80 Å². The maximum absolute atomic E-state index is 12.4. The summed E-state index contributed by atoms with van der Waals surface area (Å²) in [6, 6.07) is 0.0118. The van der Waals surface area contributed by atoms with Gasteiger partial charge in [-0.3, -0.25) is 9.69 Å². The topological polar surface area (TPSA) is 108 Å². The molecule has 2 aliphatic heterocycles. The average molecular weight is 369 g/mol. The molecule has 0 spiro atoms. The number of ether oxygens (including phenoxy) is 1. The van der Waals surface area contributed by atoms with Crippen LogP contribution in [0.3, 0.4) is 0 Å². The Balaban J connectivity index is 1.70. The second-order valence-corrected chi connectivity index (χ2v) is 7.92. The Morgan fingerprint density at radius 2 is 1.54 bits per heavy atom. The molecule has 0 radical (unpaired) electrons. The number of piperidine rings is 1. The summed E-state index contributed by atoms with van der Waals surface area (Å²) < 4.78 is 5.36. The van der Waals surface area contributed by atoms with Crippen molar-refractivity contribution in [2.75, 3.05) is 45.8 Å². The molecule has 0 aromatic carbocycles. The lowest BCUT2D eigenvalue weighted by Crippen LogP contribution is -2.56. The van der Waals surface area contributed by atoms with Crippen LogP contribution in [-0.2, 0) is 9.53 Å². The number of carbonyl (C=O) groups is 3. The number of nitrogens with two attached hydrogens (primary N) is 1. The fourth-order valence-electron chi connectivity index (χ4n) is 3.14. The van der Waals surface area contributed by atoms with E-state index in [9.17, 15) is 14.4 Å². The number of piperazine rings is 1. The third kappa shape index (κ3) is 6.36. The lowest BCUT2D eigenvalue weighted by molar-refractivity contribution is -0.119. The molecule has 0 aromatic heterocycles. The van der Waals surface area contributed by atoms with Crippen molar-refractivity contribution in [2.24, 2.45) is 5.73 Å². The van der Waals surface area contributed by atoms with Crippen LogP contribution in [0.25, 0.3) is 0 Å². The van der Waals surface area contributed by atoms with Crippen molar-refractivity contribution in [3.8, 4) is 0 Å². The first kappa shape index (κ1) is 20.3. The van der Waals surface area contributed by atoms with E-state index in [0.717, 1.165) is 25.9 Å². The minimum Gasteiger partial charge on any atom is -0.444 e. The standard InChI is InChI=1S/C17H31N5O4/c1-17(2,3)26-16(25)22-10-8-21(9-11-22)15(24)19-13-4-6-20(7-5-13)12-14(18)23/h13H,4-12H2,1-3H3,(H2,18,23)(H,19,24). The third-order valence-corrected chi connectivity index (χ3v) is 4.51. The zero-order valence-electron chi connectivity index (χ0n) is 16.0. The molecule has 0 aliphatic carbocycles. The van der Waals surface area contributed by atoms with Gasteiger partial charge >= 0.3 is 12.1 Å². The fraction of sp³-hybridized carbons (Fsp3) is 0.824. The SMILES string of the molecule is CC(C)(C)OC(=O)N1CCN(C(=O)NC2CCN(CC(N)=O)CC2)CC1. The highest BCUT2D eigenvalue weighted by atomic mass is 16.6. The smallest absolute Gasteiger partial charge is 0.410 e. The Morgan fingerprint density at radius 3 is 2.04 bits per heavy atom. The minimum atomic E-state index is -0.519. The van der Waals surface area contributed by atoms with Gasteiger partial charge in [0.25, 0.3) is 0 Å². The van der Waals surface area contributed by atoms with Crippen molar-refractivity contribution in [1.29, 1.82) is 0 Å². The number of nitrogens with one attached hydrogen (secondary N) is 1. The van der Waals surface area contributed by atoms with E-state index in [1.165, 1.54) is 0 Å². The number of hydrogen-bond donors (Lipinski definition) is 2. The highest BCUT2D eigenvalue weighted by Gasteiger charge is 2.29. The van der Waals surface area contributed by atoms with Gasteiger partial charge in [-0.1, -0.05) is 0 Å². The summed E-state index contributed by atoms with van der Waals surface area (Å²) in [6.07, 6.45) is 1.27. The van der Waals surface area contributed by atoms with E-state index in [1.807, 2.05) is 25.7 Å². The van der Waals surface area contributed by atoms with E-state index < -0.39 is 5.60 Å². The summed E-state index contributed by atoms with van der Waals surface area (Å²) in [5.41, 5.74) is 4.69. The van der Waals surface area contributed by atoms with Gasteiger partial charge in [-0.25, -0.2) is 9.59 Å². The molecule has 2 rings (SSSR count). The van der Waals surface area contributed by atoms with Crippen molar-refractivity contribution >= 4 is 18.0 Å². The van der Waals surface area contributed by atoms with Crippen LogP contribution in [0.15, 0.2) is 0 Å². The summed E-state index contributed by atoms with van der Waals surface area (Å²) in [7, 11) is 0. The van der Waals surface area contributed by atoms with E-state index in [4.69, 9.17) is 10.5 Å². The third-order valence-electron chi connectivity index (χ3n) is 4.51. The van der Waals surface area contributed by atoms with Crippen molar-refractivity contribution in [1.82, 2.24) is 20.0 Å². The molecule has 9 heteroatoms. The molecule has 0 saturated carbocycles. The average Bonchev–Trinajstić information content (AvgIpc) is 2.55. The molecular weight excluding hydrogens is 338 g/mol. The molecule has 2 aliphatic rings. The molecule has 0 aromatic rings. The maximum Gasteiger partial charge on any atom is 0.410 e. The van der Waals surface area contributed by atoms with Gasteiger partial charge in [-0.05, 0) is 33.6 Å². The first-order chi connectivity index (χ1) is 12.1. The number of hydrogen-bond acceptors (Lipinski definition) is 5. The van der Waals surface area contributed by atoms with Crippen LogP contribution in [0.5, 0.6) is 0 Å². The van der Waals surface area contributed by atoms with Crippen LogP contribution in [0.2, 0.25) is 0 Å². The molecule has 2 saturated heterocycles. The summed E-state index contributed by atoms with van der Waals surface area (Å²) in [4.78, 5) is 40.8. The molecule has 0 bridgehead atoms. The van der Waals surface area contributed by atoms with E-state index >= 15 is 0 Å². The van der Waals surface area contributed by atoms with Gasteiger partial charge in [0.05, 0.1) is 6.54 Å². The predicted octanol–water partition coefficient (Wildman–Crippen LogP) is 0.198. The molecule has 4 amide bonds. The zero-order valence-corrected chi connectivity index (χ0v) is 16.0. The number of nitrogens with zero attached hydrogens (tertiary/aromatic N) is 3. The Hall–Kier alpha value is -2.03. The van der Waals surface area contributed by atoms with Gasteiger partial charge < -0.3 is 25.6 Å². The van der Waals surface area contributed by atoms with Crippen LogP contribution in [0, 0.1) is 0 Å².